The summed E-state index contributed by atoms with van der Waals surface area (Å²) in [6.45, 7) is 1.77. The van der Waals surface area contributed by atoms with Crippen LogP contribution in [-0.4, -0.2) is 33.7 Å². The van der Waals surface area contributed by atoms with Gasteiger partial charge in [0.1, 0.15) is 16.4 Å². The Kier molecular flexibility index (Phi) is 4.99. The normalized spacial score (nSPS) is 11.0. The lowest BCUT2D eigenvalue weighted by atomic mass is 10.2. The molecule has 2 rings (SSSR count). The zero-order valence-corrected chi connectivity index (χ0v) is 14.2. The minimum atomic E-state index is -4.00. The zero-order valence-electron chi connectivity index (χ0n) is 13.4. The number of ether oxygens (including phenoxy) is 2. The van der Waals surface area contributed by atoms with E-state index < -0.39 is 16.0 Å². The number of rotatable bonds is 6. The summed E-state index contributed by atoms with van der Waals surface area (Å²) in [5.74, 6) is -0.587. The Morgan fingerprint density at radius 3 is 2.33 bits per heavy atom. The molecule has 0 radical (unpaired) electrons. The lowest BCUT2D eigenvalue weighted by Crippen LogP contribution is -2.15. The largest absolute Gasteiger partial charge is 0.496 e. The van der Waals surface area contributed by atoms with E-state index in [1.165, 1.54) is 44.6 Å². The fraction of sp³-hybridized carbons (Fsp3) is 0.188. The maximum atomic E-state index is 12.6. The number of carbonyl (C=O) groups is 1. The molecule has 0 spiro atoms. The van der Waals surface area contributed by atoms with Crippen LogP contribution in [0.3, 0.4) is 0 Å². The average molecular weight is 351 g/mol. The fourth-order valence-corrected chi connectivity index (χ4v) is 3.37. The van der Waals surface area contributed by atoms with Gasteiger partial charge < -0.3 is 14.6 Å². The van der Waals surface area contributed by atoms with Crippen LogP contribution in [0.4, 0.5) is 5.69 Å². The molecule has 0 heterocycles. The fourth-order valence-electron chi connectivity index (χ4n) is 2.16. The van der Waals surface area contributed by atoms with Crippen LogP contribution >= 0.6 is 0 Å². The van der Waals surface area contributed by atoms with Crippen molar-refractivity contribution in [3.8, 4) is 11.5 Å². The van der Waals surface area contributed by atoms with Gasteiger partial charge in [0.2, 0.25) is 0 Å². The lowest BCUT2D eigenvalue weighted by Gasteiger charge is -2.14. The first-order valence-electron chi connectivity index (χ1n) is 6.87. The van der Waals surface area contributed by atoms with Crippen molar-refractivity contribution < 1.29 is 27.8 Å². The van der Waals surface area contributed by atoms with E-state index in [1.807, 2.05) is 0 Å². The number of aromatic carboxylic acids is 1. The van der Waals surface area contributed by atoms with Crippen molar-refractivity contribution in [3.05, 3.63) is 47.5 Å². The van der Waals surface area contributed by atoms with Crippen LogP contribution in [0.25, 0.3) is 0 Å². The van der Waals surface area contributed by atoms with Gasteiger partial charge in [0, 0.05) is 11.8 Å². The van der Waals surface area contributed by atoms with Crippen molar-refractivity contribution in [2.45, 2.75) is 11.8 Å². The van der Waals surface area contributed by atoms with Gasteiger partial charge in [-0.25, -0.2) is 13.2 Å². The molecule has 0 fully saturated rings. The number of sulfonamides is 1. The van der Waals surface area contributed by atoms with Crippen molar-refractivity contribution in [2.24, 2.45) is 0 Å². The number of nitrogens with one attached hydrogen (secondary N) is 1. The van der Waals surface area contributed by atoms with Crippen molar-refractivity contribution >= 4 is 21.7 Å². The quantitative estimate of drug-likeness (QED) is 0.829. The molecule has 2 N–H and O–H groups in total. The highest BCUT2D eigenvalue weighted by Gasteiger charge is 2.22. The summed E-state index contributed by atoms with van der Waals surface area (Å²) in [7, 11) is -1.19. The monoisotopic (exact) mass is 351 g/mol. The second kappa shape index (κ2) is 6.79. The first-order valence-corrected chi connectivity index (χ1v) is 8.35. The number of hydrogen-bond donors (Lipinski definition) is 2. The molecule has 0 amide bonds. The number of hydrogen-bond acceptors (Lipinski definition) is 5. The number of benzene rings is 2. The number of carboxylic acids is 1. The van der Waals surface area contributed by atoms with Crippen molar-refractivity contribution in [1.29, 1.82) is 0 Å². The second-order valence-corrected chi connectivity index (χ2v) is 6.61. The van der Waals surface area contributed by atoms with E-state index in [9.17, 15) is 13.2 Å². The molecule has 0 atom stereocenters. The van der Waals surface area contributed by atoms with E-state index in [0.29, 0.717) is 5.75 Å². The molecule has 0 saturated carbocycles. The summed E-state index contributed by atoms with van der Waals surface area (Å²) in [5, 5.41) is 8.99. The molecule has 2 aromatic rings. The van der Waals surface area contributed by atoms with E-state index in [2.05, 4.69) is 4.72 Å². The van der Waals surface area contributed by atoms with E-state index in [1.54, 1.807) is 13.0 Å². The second-order valence-electron chi connectivity index (χ2n) is 4.96. The molecule has 8 heteroatoms. The summed E-state index contributed by atoms with van der Waals surface area (Å²) in [6, 6.07) is 8.43. The molecule has 128 valence electrons. The smallest absolute Gasteiger partial charge is 0.335 e. The Balaban J connectivity index is 2.47. The van der Waals surface area contributed by atoms with Gasteiger partial charge in [0.05, 0.1) is 19.8 Å². The molecule has 0 aliphatic carbocycles. The molecule has 24 heavy (non-hydrogen) atoms. The van der Waals surface area contributed by atoms with Crippen LogP contribution < -0.4 is 14.2 Å². The Hall–Kier alpha value is -2.74. The molecule has 7 nitrogen and oxygen atoms in total. The van der Waals surface area contributed by atoms with Gasteiger partial charge in [-0.2, -0.15) is 0 Å². The maximum absolute atomic E-state index is 12.6. The van der Waals surface area contributed by atoms with Gasteiger partial charge in [-0.3, -0.25) is 4.72 Å². The Morgan fingerprint density at radius 2 is 1.75 bits per heavy atom. The minimum absolute atomic E-state index is 0.0244. The van der Waals surface area contributed by atoms with Crippen molar-refractivity contribution in [1.82, 2.24) is 0 Å². The Bertz CT molecular complexity index is 876. The number of anilines is 1. The zero-order chi connectivity index (χ0) is 17.9. The highest BCUT2D eigenvalue weighted by Crippen LogP contribution is 2.32. The summed E-state index contributed by atoms with van der Waals surface area (Å²) < 4.78 is 37.9. The van der Waals surface area contributed by atoms with Gasteiger partial charge in [0.15, 0.2) is 0 Å². The minimum Gasteiger partial charge on any atom is -0.496 e. The summed E-state index contributed by atoms with van der Waals surface area (Å²) in [6.07, 6.45) is 0. The summed E-state index contributed by atoms with van der Waals surface area (Å²) >= 11 is 0. The molecule has 2 aromatic carbocycles. The maximum Gasteiger partial charge on any atom is 0.335 e. The molecule has 0 aliphatic heterocycles. The molecule has 0 bridgehead atoms. The third-order valence-electron chi connectivity index (χ3n) is 3.33. The third-order valence-corrected chi connectivity index (χ3v) is 4.73. The molecular formula is C16H17NO6S. The van der Waals surface area contributed by atoms with Gasteiger partial charge in [0.25, 0.3) is 10.0 Å². The van der Waals surface area contributed by atoms with Crippen LogP contribution in [0, 0.1) is 6.92 Å². The van der Waals surface area contributed by atoms with Gasteiger partial charge in [-0.15, -0.1) is 0 Å². The van der Waals surface area contributed by atoms with E-state index >= 15 is 0 Å². The molecule has 0 aromatic heterocycles. The predicted octanol–water partition coefficient (Wildman–Crippen LogP) is 2.51. The third kappa shape index (κ3) is 3.60. The Morgan fingerprint density at radius 1 is 1.08 bits per heavy atom. The molecule has 0 aliphatic rings. The van der Waals surface area contributed by atoms with Crippen LogP contribution in [0.2, 0.25) is 0 Å². The van der Waals surface area contributed by atoms with Gasteiger partial charge >= 0.3 is 5.97 Å². The lowest BCUT2D eigenvalue weighted by molar-refractivity contribution is 0.0697. The van der Waals surface area contributed by atoms with Crippen molar-refractivity contribution in [3.63, 3.8) is 0 Å². The predicted molar refractivity (Wildman–Crippen MR) is 88.5 cm³/mol. The number of methoxy groups -OCH3 is 2. The van der Waals surface area contributed by atoms with Crippen LogP contribution in [-0.2, 0) is 10.0 Å². The van der Waals surface area contributed by atoms with Gasteiger partial charge in [-0.1, -0.05) is 6.07 Å². The number of carboxylic acid groups (broad SMARTS) is 1. The van der Waals surface area contributed by atoms with Crippen LogP contribution in [0.5, 0.6) is 11.5 Å². The van der Waals surface area contributed by atoms with Gasteiger partial charge in [-0.05, 0) is 36.8 Å². The molecule has 0 saturated heterocycles. The topological polar surface area (TPSA) is 102 Å². The average Bonchev–Trinajstić information content (AvgIpc) is 2.54. The van der Waals surface area contributed by atoms with E-state index in [4.69, 9.17) is 14.6 Å². The molecular weight excluding hydrogens is 334 g/mol. The van der Waals surface area contributed by atoms with Crippen LogP contribution in [0.15, 0.2) is 41.3 Å². The van der Waals surface area contributed by atoms with E-state index in [-0.39, 0.29) is 21.9 Å². The summed E-state index contributed by atoms with van der Waals surface area (Å²) in [5.41, 5.74) is 0.835. The number of aryl methyl sites for hydroxylation is 1. The SMILES string of the molecule is COc1cc(S(=O)(=O)Nc2cccc(C(=O)O)c2)c(OC)cc1C. The van der Waals surface area contributed by atoms with Crippen molar-refractivity contribution in [2.75, 3.05) is 18.9 Å². The van der Waals surface area contributed by atoms with E-state index in [0.717, 1.165) is 5.56 Å². The first-order chi connectivity index (χ1) is 11.3. The van der Waals surface area contributed by atoms with Crippen LogP contribution in [0.1, 0.15) is 15.9 Å². The highest BCUT2D eigenvalue weighted by atomic mass is 32.2. The Labute approximate surface area is 139 Å². The molecule has 0 unspecified atom stereocenters. The summed E-state index contributed by atoms with van der Waals surface area (Å²) in [4.78, 5) is 10.9. The highest BCUT2D eigenvalue weighted by molar-refractivity contribution is 7.92. The standard InChI is InChI=1S/C16H17NO6S/c1-10-7-14(23-3)15(9-13(10)22-2)24(20,21)17-12-6-4-5-11(8-12)16(18)19/h4-9,17H,1-3H3,(H,18,19). The first kappa shape index (κ1) is 17.6.